The van der Waals surface area contributed by atoms with Crippen molar-refractivity contribution in [3.05, 3.63) is 114 Å². The first-order chi connectivity index (χ1) is 32.0. The van der Waals surface area contributed by atoms with Crippen LogP contribution in [0.1, 0.15) is 137 Å². The Balaban J connectivity index is 0.972. The molecule has 3 aromatic rings. The molecule has 0 aromatic heterocycles. The molecule has 7 rings (SSSR count). The minimum absolute atomic E-state index is 0.0112. The smallest absolute Gasteiger partial charge is 0.269 e. The largest absolute Gasteiger partial charge is 0.352 e. The standard InChI is InChI=1S/C52H68N6O7S/c1-3-4-5-6-7-8-9-10-11-12-13-20-28-53-51(62)48-36-57(29-30-58(48)37(2)59)66(64,65)41-27-21-26-40(31-41)52(63)56-34-44(49(60)54-46-32-42(46)38-22-16-14-17-23-38)45(35-56)50(61)55-47-33-43(47)39-24-18-15-19-25-39/h14-19,21-27,31,36,42-47H,3-13,20,28-30,32-35H2,1-2H3,(H,53,62)(H,54,60)(H,55,61)/t42-,43-,44-,45-,46+,47+/m1/s1. The van der Waals surface area contributed by atoms with E-state index in [0.29, 0.717) is 6.54 Å². The maximum Gasteiger partial charge on any atom is 0.269 e. The molecule has 13 nitrogen and oxygen atoms in total. The second-order valence-electron chi connectivity index (χ2n) is 18.6. The third-order valence-corrected chi connectivity index (χ3v) is 15.4. The summed E-state index contributed by atoms with van der Waals surface area (Å²) in [5.74, 6) is -3.24. The summed E-state index contributed by atoms with van der Waals surface area (Å²) < 4.78 is 29.4. The van der Waals surface area contributed by atoms with Crippen molar-refractivity contribution in [3.8, 4) is 0 Å². The van der Waals surface area contributed by atoms with Crippen molar-refractivity contribution in [2.24, 2.45) is 11.8 Å². The Hall–Kier alpha value is -5.50. The van der Waals surface area contributed by atoms with Crippen LogP contribution in [0.5, 0.6) is 0 Å². The molecule has 2 aliphatic heterocycles. The molecule has 0 radical (unpaired) electrons. The number of carbonyl (C=O) groups is 5. The van der Waals surface area contributed by atoms with E-state index < -0.39 is 33.7 Å². The molecular weight excluding hydrogens is 853 g/mol. The topological polar surface area (TPSA) is 165 Å². The summed E-state index contributed by atoms with van der Waals surface area (Å²) in [6.07, 6.45) is 17.0. The number of amides is 5. The van der Waals surface area contributed by atoms with Gasteiger partial charge in [0.15, 0.2) is 0 Å². The second-order valence-corrected chi connectivity index (χ2v) is 20.5. The maximum absolute atomic E-state index is 14.3. The van der Waals surface area contributed by atoms with E-state index in [4.69, 9.17) is 0 Å². The first-order valence-corrected chi connectivity index (χ1v) is 25.8. The van der Waals surface area contributed by atoms with E-state index in [1.54, 1.807) is 0 Å². The van der Waals surface area contributed by atoms with E-state index in [1.807, 2.05) is 60.7 Å². The zero-order valence-corrected chi connectivity index (χ0v) is 39.5. The molecule has 6 atom stereocenters. The molecule has 0 spiro atoms. The van der Waals surface area contributed by atoms with Gasteiger partial charge in [0.2, 0.25) is 17.7 Å². The van der Waals surface area contributed by atoms with Crippen LogP contribution in [0.15, 0.2) is 102 Å². The van der Waals surface area contributed by atoms with Crippen LogP contribution in [0.25, 0.3) is 0 Å². The molecule has 4 aliphatic rings. The maximum atomic E-state index is 14.3. The van der Waals surface area contributed by atoms with Gasteiger partial charge in [-0.1, -0.05) is 144 Å². The normalized spacial score (nSPS) is 22.3. The van der Waals surface area contributed by atoms with Crippen LogP contribution in [-0.2, 0) is 29.2 Å². The Morgan fingerprint density at radius 2 is 1.15 bits per heavy atom. The molecule has 2 saturated carbocycles. The summed E-state index contributed by atoms with van der Waals surface area (Å²) in [6.45, 7) is 3.84. The number of unbranched alkanes of at least 4 members (excludes halogenated alkanes) is 11. The van der Waals surface area contributed by atoms with Gasteiger partial charge in [0.05, 0.1) is 23.3 Å². The van der Waals surface area contributed by atoms with Gasteiger partial charge in [0, 0.05) is 68.8 Å². The number of hydrogen-bond donors (Lipinski definition) is 3. The van der Waals surface area contributed by atoms with Crippen molar-refractivity contribution in [3.63, 3.8) is 0 Å². The Kier molecular flexibility index (Phi) is 16.7. The van der Waals surface area contributed by atoms with Crippen LogP contribution in [0.2, 0.25) is 0 Å². The number of hydrogen-bond acceptors (Lipinski definition) is 7. The highest BCUT2D eigenvalue weighted by Gasteiger charge is 2.49. The van der Waals surface area contributed by atoms with E-state index in [2.05, 4.69) is 22.9 Å². The van der Waals surface area contributed by atoms with Crippen LogP contribution < -0.4 is 16.0 Å². The molecule has 3 aromatic carbocycles. The molecule has 2 heterocycles. The predicted molar refractivity (Wildman–Crippen MR) is 254 cm³/mol. The van der Waals surface area contributed by atoms with Crippen molar-refractivity contribution in [1.29, 1.82) is 0 Å². The van der Waals surface area contributed by atoms with Crippen molar-refractivity contribution < 1.29 is 32.4 Å². The van der Waals surface area contributed by atoms with Crippen LogP contribution in [0.3, 0.4) is 0 Å². The highest BCUT2D eigenvalue weighted by atomic mass is 32.2. The molecule has 2 aliphatic carbocycles. The summed E-state index contributed by atoms with van der Waals surface area (Å²) in [5, 5.41) is 9.18. The summed E-state index contributed by atoms with van der Waals surface area (Å²) in [7, 11) is -4.28. The number of likely N-dealkylation sites (tertiary alicyclic amines) is 1. The average molecular weight is 921 g/mol. The summed E-state index contributed by atoms with van der Waals surface area (Å²) >= 11 is 0. The number of rotatable bonds is 23. The molecule has 1 saturated heterocycles. The van der Waals surface area contributed by atoms with E-state index in [9.17, 15) is 32.4 Å². The molecule has 354 valence electrons. The second kappa shape index (κ2) is 22.8. The molecule has 14 heteroatoms. The van der Waals surface area contributed by atoms with Gasteiger partial charge in [0.25, 0.3) is 21.8 Å². The van der Waals surface area contributed by atoms with Gasteiger partial charge in [-0.05, 0) is 48.6 Å². The van der Waals surface area contributed by atoms with Crippen LogP contribution in [0.4, 0.5) is 0 Å². The lowest BCUT2D eigenvalue weighted by atomic mass is 9.94. The average Bonchev–Trinajstić information content (AvgIpc) is 4.24. The van der Waals surface area contributed by atoms with E-state index in [0.717, 1.165) is 54.0 Å². The van der Waals surface area contributed by atoms with Gasteiger partial charge in [-0.2, -0.15) is 0 Å². The Morgan fingerprint density at radius 3 is 1.67 bits per heavy atom. The first-order valence-electron chi connectivity index (χ1n) is 24.4. The van der Waals surface area contributed by atoms with Crippen molar-refractivity contribution in [2.75, 3.05) is 32.7 Å². The van der Waals surface area contributed by atoms with E-state index in [-0.39, 0.29) is 84.0 Å². The number of benzene rings is 3. The fourth-order valence-electron chi connectivity index (χ4n) is 9.58. The zero-order chi connectivity index (χ0) is 46.6. The lowest BCUT2D eigenvalue weighted by Gasteiger charge is -2.33. The van der Waals surface area contributed by atoms with Gasteiger partial charge in [-0.3, -0.25) is 28.3 Å². The molecule has 0 bridgehead atoms. The summed E-state index contributed by atoms with van der Waals surface area (Å²) in [6, 6.07) is 25.5. The fourth-order valence-corrected chi connectivity index (χ4v) is 10.9. The highest BCUT2D eigenvalue weighted by molar-refractivity contribution is 7.89. The minimum atomic E-state index is -4.28. The van der Waals surface area contributed by atoms with Crippen molar-refractivity contribution >= 4 is 39.6 Å². The van der Waals surface area contributed by atoms with Crippen LogP contribution >= 0.6 is 0 Å². The predicted octanol–water partition coefficient (Wildman–Crippen LogP) is 7.23. The van der Waals surface area contributed by atoms with Gasteiger partial charge >= 0.3 is 0 Å². The molecule has 0 unspecified atom stereocenters. The summed E-state index contributed by atoms with van der Waals surface area (Å²) in [4.78, 5) is 70.8. The van der Waals surface area contributed by atoms with Crippen molar-refractivity contribution in [2.45, 2.75) is 133 Å². The van der Waals surface area contributed by atoms with Crippen molar-refractivity contribution in [1.82, 2.24) is 30.1 Å². The van der Waals surface area contributed by atoms with Crippen LogP contribution in [0, 0.1) is 11.8 Å². The van der Waals surface area contributed by atoms with Gasteiger partial charge in [-0.25, -0.2) is 8.42 Å². The zero-order valence-electron chi connectivity index (χ0n) is 38.7. The number of nitrogens with one attached hydrogen (secondary N) is 3. The molecule has 66 heavy (non-hydrogen) atoms. The number of nitrogens with zero attached hydrogens (tertiary/aromatic N) is 3. The quantitative estimate of drug-likeness (QED) is 0.0845. The van der Waals surface area contributed by atoms with Gasteiger partial charge < -0.3 is 25.8 Å². The Labute approximate surface area is 391 Å². The first kappa shape index (κ1) is 48.4. The molecule has 3 fully saturated rings. The fraction of sp³-hybridized carbons (Fsp3) is 0.519. The number of carbonyl (C=O) groups excluding carboxylic acids is 5. The lowest BCUT2D eigenvalue weighted by Crippen LogP contribution is -2.47. The third-order valence-electron chi connectivity index (χ3n) is 13.7. The molecular formula is C52H68N6O7S. The van der Waals surface area contributed by atoms with E-state index >= 15 is 0 Å². The Morgan fingerprint density at radius 1 is 0.636 bits per heavy atom. The Bertz CT molecular complexity index is 2230. The van der Waals surface area contributed by atoms with Crippen LogP contribution in [-0.4, -0.2) is 96.9 Å². The summed E-state index contributed by atoms with van der Waals surface area (Å²) in [5.41, 5.74) is 2.30. The SMILES string of the molecule is CCCCCCCCCCCCCCNC(=O)C1=CN(S(=O)(=O)c2cccc(C(=O)N3C[C@@H](C(=O)N[C@H]4C[C@@H]4c4ccccc4)[C@H](C(=O)N[C@H]4C[C@@H]4c4ccccc4)C3)c2)CCN1C(C)=O. The van der Waals surface area contributed by atoms with Gasteiger partial charge in [-0.15, -0.1) is 0 Å². The van der Waals surface area contributed by atoms with E-state index in [1.165, 1.54) is 98.6 Å². The lowest BCUT2D eigenvalue weighted by molar-refractivity contribution is -0.133. The van der Waals surface area contributed by atoms with Gasteiger partial charge in [0.1, 0.15) is 5.70 Å². The highest BCUT2D eigenvalue weighted by Crippen LogP contribution is 2.43. The molecule has 5 amide bonds. The monoisotopic (exact) mass is 920 g/mol. The minimum Gasteiger partial charge on any atom is -0.352 e. The molecule has 3 N–H and O–H groups in total. The third kappa shape index (κ3) is 12.5. The number of sulfonamides is 1.